The summed E-state index contributed by atoms with van der Waals surface area (Å²) in [7, 11) is 1.58. The fourth-order valence-corrected chi connectivity index (χ4v) is 4.54. The molecule has 1 atom stereocenters. The summed E-state index contributed by atoms with van der Waals surface area (Å²) in [6.07, 6.45) is 3.92. The van der Waals surface area contributed by atoms with Gasteiger partial charge in [0.05, 0.1) is 24.3 Å². The number of carbonyl (C=O) groups excluding carboxylic acids is 1. The van der Waals surface area contributed by atoms with Gasteiger partial charge in [0.15, 0.2) is 5.16 Å². The Labute approximate surface area is 189 Å². The van der Waals surface area contributed by atoms with Crippen LogP contribution in [0.2, 0.25) is 0 Å². The van der Waals surface area contributed by atoms with Crippen molar-refractivity contribution in [1.82, 2.24) is 14.5 Å². The van der Waals surface area contributed by atoms with E-state index < -0.39 is 6.04 Å². The SMILES string of the molecule is CC[C@@H](C(=O)Nc1cccc(OC)c1)n1c(SCc2ccccc2F)nc2ccncc21. The van der Waals surface area contributed by atoms with Crippen LogP contribution >= 0.6 is 11.8 Å². The summed E-state index contributed by atoms with van der Waals surface area (Å²) in [5.41, 5.74) is 2.74. The predicted molar refractivity (Wildman–Crippen MR) is 124 cm³/mol. The van der Waals surface area contributed by atoms with Gasteiger partial charge in [-0.15, -0.1) is 0 Å². The molecule has 0 saturated carbocycles. The van der Waals surface area contributed by atoms with Gasteiger partial charge in [-0.25, -0.2) is 9.37 Å². The average Bonchev–Trinajstić information content (AvgIpc) is 3.17. The van der Waals surface area contributed by atoms with Crippen LogP contribution in [0.15, 0.2) is 72.1 Å². The van der Waals surface area contributed by atoms with Crippen LogP contribution in [0.25, 0.3) is 11.0 Å². The van der Waals surface area contributed by atoms with Gasteiger partial charge in [0, 0.05) is 23.7 Å². The molecule has 4 aromatic rings. The van der Waals surface area contributed by atoms with E-state index in [2.05, 4.69) is 10.3 Å². The minimum atomic E-state index is -0.515. The third kappa shape index (κ3) is 4.60. The van der Waals surface area contributed by atoms with Gasteiger partial charge in [-0.1, -0.05) is 43.0 Å². The first kappa shape index (κ1) is 21.8. The van der Waals surface area contributed by atoms with E-state index >= 15 is 0 Å². The van der Waals surface area contributed by atoms with Crippen LogP contribution in [0.5, 0.6) is 5.75 Å². The van der Waals surface area contributed by atoms with E-state index in [0.29, 0.717) is 34.3 Å². The summed E-state index contributed by atoms with van der Waals surface area (Å²) >= 11 is 1.40. The van der Waals surface area contributed by atoms with Gasteiger partial charge < -0.3 is 14.6 Å². The first-order valence-corrected chi connectivity index (χ1v) is 11.2. The molecule has 0 aliphatic heterocycles. The molecule has 0 spiro atoms. The number of anilines is 1. The predicted octanol–water partition coefficient (Wildman–Crippen LogP) is 5.46. The van der Waals surface area contributed by atoms with Crippen LogP contribution in [0.4, 0.5) is 10.1 Å². The third-order valence-corrected chi connectivity index (χ3v) is 6.11. The molecule has 4 rings (SSSR count). The minimum absolute atomic E-state index is 0.170. The Kier molecular flexibility index (Phi) is 6.70. The van der Waals surface area contributed by atoms with Crippen molar-refractivity contribution in [3.8, 4) is 5.75 Å². The second kappa shape index (κ2) is 9.82. The Morgan fingerprint density at radius 1 is 1.22 bits per heavy atom. The van der Waals surface area contributed by atoms with E-state index in [4.69, 9.17) is 9.72 Å². The lowest BCUT2D eigenvalue weighted by Gasteiger charge is -2.20. The smallest absolute Gasteiger partial charge is 0.247 e. The highest BCUT2D eigenvalue weighted by molar-refractivity contribution is 7.98. The number of hydrogen-bond donors (Lipinski definition) is 1. The lowest BCUT2D eigenvalue weighted by atomic mass is 10.2. The zero-order valence-corrected chi connectivity index (χ0v) is 18.6. The topological polar surface area (TPSA) is 69.0 Å². The molecular weight excluding hydrogens is 427 g/mol. The van der Waals surface area contributed by atoms with E-state index in [1.807, 2.05) is 41.8 Å². The Morgan fingerprint density at radius 2 is 2.06 bits per heavy atom. The molecule has 8 heteroatoms. The van der Waals surface area contributed by atoms with Crippen LogP contribution in [0.3, 0.4) is 0 Å². The largest absolute Gasteiger partial charge is 0.497 e. The van der Waals surface area contributed by atoms with Gasteiger partial charge in [0.2, 0.25) is 5.91 Å². The second-order valence-corrected chi connectivity index (χ2v) is 8.10. The van der Waals surface area contributed by atoms with Crippen LogP contribution in [0.1, 0.15) is 24.9 Å². The fourth-order valence-electron chi connectivity index (χ4n) is 3.49. The van der Waals surface area contributed by atoms with E-state index in [1.54, 1.807) is 37.7 Å². The fraction of sp³-hybridized carbons (Fsp3) is 0.208. The van der Waals surface area contributed by atoms with Crippen molar-refractivity contribution in [3.63, 3.8) is 0 Å². The molecule has 0 saturated heterocycles. The Bertz CT molecular complexity index is 1240. The number of amides is 1. The number of ether oxygens (including phenoxy) is 1. The number of fused-ring (bicyclic) bond motifs is 1. The average molecular weight is 451 g/mol. The Morgan fingerprint density at radius 3 is 2.84 bits per heavy atom. The number of pyridine rings is 1. The van der Waals surface area contributed by atoms with Crippen molar-refractivity contribution >= 4 is 34.4 Å². The molecule has 2 heterocycles. The standard InChI is InChI=1S/C24H23FN4O2S/c1-3-21(23(30)27-17-8-6-9-18(13-17)31-2)29-22-14-26-12-11-20(22)28-24(29)32-15-16-7-4-5-10-19(16)25/h4-14,21H,3,15H2,1-2H3,(H,27,30)/t21-/m0/s1. The number of hydrogen-bond acceptors (Lipinski definition) is 5. The summed E-state index contributed by atoms with van der Waals surface area (Å²) in [6, 6.07) is 15.2. The van der Waals surface area contributed by atoms with Crippen LogP contribution in [-0.2, 0) is 10.5 Å². The zero-order valence-electron chi connectivity index (χ0n) is 17.8. The van der Waals surface area contributed by atoms with E-state index in [9.17, 15) is 9.18 Å². The number of thioether (sulfide) groups is 1. The maximum atomic E-state index is 14.1. The zero-order chi connectivity index (χ0) is 22.5. The van der Waals surface area contributed by atoms with Crippen molar-refractivity contribution in [2.24, 2.45) is 0 Å². The van der Waals surface area contributed by atoms with Gasteiger partial charge in [-0.3, -0.25) is 9.78 Å². The number of imidazole rings is 1. The highest BCUT2D eigenvalue weighted by atomic mass is 32.2. The molecule has 6 nitrogen and oxygen atoms in total. The number of benzene rings is 2. The third-order valence-electron chi connectivity index (χ3n) is 5.11. The van der Waals surface area contributed by atoms with Gasteiger partial charge in [-0.2, -0.15) is 0 Å². The molecule has 2 aromatic heterocycles. The number of rotatable bonds is 8. The number of aromatic nitrogens is 3. The molecule has 2 aromatic carbocycles. The molecule has 0 aliphatic carbocycles. The highest BCUT2D eigenvalue weighted by Gasteiger charge is 2.25. The van der Waals surface area contributed by atoms with Gasteiger partial charge in [0.1, 0.15) is 17.6 Å². The number of methoxy groups -OCH3 is 1. The summed E-state index contributed by atoms with van der Waals surface area (Å²) in [6.45, 7) is 1.95. The molecule has 0 unspecified atom stereocenters. The van der Waals surface area contributed by atoms with Gasteiger partial charge >= 0.3 is 0 Å². The van der Waals surface area contributed by atoms with Crippen molar-refractivity contribution < 1.29 is 13.9 Å². The summed E-state index contributed by atoms with van der Waals surface area (Å²) < 4.78 is 21.3. The normalized spacial score (nSPS) is 12.0. The number of halogens is 1. The monoisotopic (exact) mass is 450 g/mol. The molecule has 1 N–H and O–H groups in total. The molecule has 1 amide bonds. The lowest BCUT2D eigenvalue weighted by molar-refractivity contribution is -0.119. The minimum Gasteiger partial charge on any atom is -0.497 e. The molecule has 0 fully saturated rings. The molecule has 32 heavy (non-hydrogen) atoms. The van der Waals surface area contributed by atoms with Crippen molar-refractivity contribution in [2.75, 3.05) is 12.4 Å². The van der Waals surface area contributed by atoms with Crippen molar-refractivity contribution in [3.05, 3.63) is 78.4 Å². The number of nitrogens with zero attached hydrogens (tertiary/aromatic N) is 3. The first-order chi connectivity index (χ1) is 15.6. The number of carbonyl (C=O) groups is 1. The second-order valence-electron chi connectivity index (χ2n) is 7.15. The van der Waals surface area contributed by atoms with E-state index in [0.717, 1.165) is 11.0 Å². The lowest BCUT2D eigenvalue weighted by Crippen LogP contribution is -2.26. The molecule has 164 valence electrons. The summed E-state index contributed by atoms with van der Waals surface area (Å²) in [5, 5.41) is 3.62. The van der Waals surface area contributed by atoms with E-state index in [1.165, 1.54) is 17.8 Å². The summed E-state index contributed by atoms with van der Waals surface area (Å²) in [4.78, 5) is 22.2. The number of nitrogens with one attached hydrogen (secondary N) is 1. The maximum Gasteiger partial charge on any atom is 0.247 e. The molecule has 0 bridgehead atoms. The molecule has 0 aliphatic rings. The van der Waals surface area contributed by atoms with Gasteiger partial charge in [0.25, 0.3) is 0 Å². The summed E-state index contributed by atoms with van der Waals surface area (Å²) in [5.74, 6) is 0.634. The maximum absolute atomic E-state index is 14.1. The quantitative estimate of drug-likeness (QED) is 0.361. The first-order valence-electron chi connectivity index (χ1n) is 10.2. The van der Waals surface area contributed by atoms with Crippen molar-refractivity contribution in [2.45, 2.75) is 30.3 Å². The Hall–Kier alpha value is -3.39. The van der Waals surface area contributed by atoms with Crippen LogP contribution < -0.4 is 10.1 Å². The van der Waals surface area contributed by atoms with E-state index in [-0.39, 0.29) is 11.7 Å². The Balaban J connectivity index is 1.66. The van der Waals surface area contributed by atoms with Crippen molar-refractivity contribution in [1.29, 1.82) is 0 Å². The van der Waals surface area contributed by atoms with Crippen LogP contribution in [-0.4, -0.2) is 27.6 Å². The van der Waals surface area contributed by atoms with Gasteiger partial charge in [-0.05, 0) is 36.2 Å². The molecular formula is C24H23FN4O2S. The van der Waals surface area contributed by atoms with Crippen LogP contribution in [0, 0.1) is 5.82 Å². The highest BCUT2D eigenvalue weighted by Crippen LogP contribution is 2.32. The molecule has 0 radical (unpaired) electrons.